The molecule has 0 aliphatic heterocycles. The average molecular weight is 1100 g/mol. The van der Waals surface area contributed by atoms with E-state index in [4.69, 9.17) is 0 Å². The molecule has 2 aromatic heterocycles. The van der Waals surface area contributed by atoms with Gasteiger partial charge in [-0.3, -0.25) is 18.2 Å². The second kappa shape index (κ2) is 23.7. The van der Waals surface area contributed by atoms with Crippen LogP contribution in [0.25, 0.3) is 12.2 Å². The fourth-order valence-corrected chi connectivity index (χ4v) is 8.91. The molecule has 74 heavy (non-hydrogen) atoms. The molecule has 0 atom stereocenters. The summed E-state index contributed by atoms with van der Waals surface area (Å²) in [7, 11) is -19.1. The molecule has 10 N–H and O–H groups in total. The SMILES string of the molecule is N#CCCN(CCO)c1nc(Nc2ccc(S(=O)(=O)O)cc2)nc(Nc2ccc(C=Cc3ccc(Nc4nc(Nc5ccc(S(=O)(=O)O)cc5)nc(N(CCO)CCC#N)n4)cc3S(=O)(=O)O)c(S(=O)(=O)O)c2)n1. The molecule has 2 heterocycles. The lowest BCUT2D eigenvalue weighted by atomic mass is 10.1. The van der Waals surface area contributed by atoms with Crippen molar-refractivity contribution in [3.8, 4) is 12.1 Å². The summed E-state index contributed by atoms with van der Waals surface area (Å²) in [4.78, 5) is 26.7. The Morgan fingerprint density at radius 2 is 0.757 bits per heavy atom. The van der Waals surface area contributed by atoms with E-state index in [0.29, 0.717) is 0 Å². The van der Waals surface area contributed by atoms with Crippen molar-refractivity contribution >= 4 is 111 Å². The third-order valence-corrected chi connectivity index (χ3v) is 13.4. The van der Waals surface area contributed by atoms with Gasteiger partial charge in [-0.2, -0.15) is 74.1 Å². The number of rotatable bonds is 24. The number of aliphatic hydroxyl groups is 2. The Kier molecular flexibility index (Phi) is 17.7. The van der Waals surface area contributed by atoms with E-state index in [2.05, 4.69) is 51.2 Å². The Bertz CT molecular complexity index is 3370. The molecule has 0 aliphatic rings. The summed E-state index contributed by atoms with van der Waals surface area (Å²) in [5, 5.41) is 49.2. The van der Waals surface area contributed by atoms with Crippen LogP contribution in [0.2, 0.25) is 0 Å². The number of aliphatic hydroxyl groups excluding tert-OH is 2. The maximum Gasteiger partial charge on any atom is 0.295 e. The number of nitrogens with zero attached hydrogens (tertiary/aromatic N) is 10. The zero-order chi connectivity index (χ0) is 53.8. The molecule has 388 valence electrons. The second-order valence-corrected chi connectivity index (χ2v) is 20.7. The summed E-state index contributed by atoms with van der Waals surface area (Å²) in [6.07, 6.45) is 2.27. The van der Waals surface area contributed by atoms with Crippen molar-refractivity contribution in [3.05, 3.63) is 96.1 Å². The van der Waals surface area contributed by atoms with Crippen molar-refractivity contribution in [1.29, 1.82) is 10.5 Å². The van der Waals surface area contributed by atoms with Crippen molar-refractivity contribution in [2.45, 2.75) is 32.4 Å². The highest BCUT2D eigenvalue weighted by molar-refractivity contribution is 7.86. The van der Waals surface area contributed by atoms with Crippen LogP contribution < -0.4 is 31.1 Å². The lowest BCUT2D eigenvalue weighted by molar-refractivity contribution is 0.301. The highest BCUT2D eigenvalue weighted by Gasteiger charge is 2.21. The van der Waals surface area contributed by atoms with Gasteiger partial charge in [-0.05, 0) is 83.9 Å². The smallest absolute Gasteiger partial charge is 0.295 e. The number of nitrogens with one attached hydrogen (secondary N) is 4. The van der Waals surface area contributed by atoms with Crippen LogP contribution in [0.5, 0.6) is 0 Å². The number of nitriles is 2. The van der Waals surface area contributed by atoms with Gasteiger partial charge < -0.3 is 41.3 Å². The molecule has 4 aromatic carbocycles. The third-order valence-electron chi connectivity index (χ3n) is 9.89. The zero-order valence-corrected chi connectivity index (χ0v) is 41.2. The fraction of sp³-hybridized carbons (Fsp3) is 0.190. The summed E-state index contributed by atoms with van der Waals surface area (Å²) >= 11 is 0. The molecule has 0 fully saturated rings. The Morgan fingerprint density at radius 3 is 1.04 bits per heavy atom. The fourth-order valence-electron chi connectivity index (χ4n) is 6.53. The van der Waals surface area contributed by atoms with E-state index in [0.717, 1.165) is 48.6 Å². The normalized spacial score (nSPS) is 11.9. The first kappa shape index (κ1) is 55.3. The van der Waals surface area contributed by atoms with Gasteiger partial charge in [-0.15, -0.1) is 0 Å². The summed E-state index contributed by atoms with van der Waals surface area (Å²) in [5.74, 6) is -0.867. The summed E-state index contributed by atoms with van der Waals surface area (Å²) in [5.41, 5.74) is 0.119. The van der Waals surface area contributed by atoms with E-state index >= 15 is 0 Å². The zero-order valence-electron chi connectivity index (χ0n) is 37.9. The van der Waals surface area contributed by atoms with Crippen molar-refractivity contribution in [2.75, 3.05) is 70.5 Å². The van der Waals surface area contributed by atoms with Crippen LogP contribution in [0.4, 0.5) is 58.4 Å². The quantitative estimate of drug-likeness (QED) is 0.0306. The van der Waals surface area contributed by atoms with Gasteiger partial charge >= 0.3 is 0 Å². The summed E-state index contributed by atoms with van der Waals surface area (Å²) < 4.78 is 137. The minimum atomic E-state index is -5.04. The van der Waals surface area contributed by atoms with E-state index in [-0.39, 0.29) is 122 Å². The largest absolute Gasteiger partial charge is 0.395 e. The van der Waals surface area contributed by atoms with Gasteiger partial charge in [0.1, 0.15) is 9.79 Å². The van der Waals surface area contributed by atoms with Crippen molar-refractivity contribution in [2.24, 2.45) is 0 Å². The van der Waals surface area contributed by atoms with Crippen LogP contribution in [0.1, 0.15) is 24.0 Å². The average Bonchev–Trinajstić information content (AvgIpc) is 3.33. The summed E-state index contributed by atoms with van der Waals surface area (Å²) in [6, 6.07) is 20.8. The van der Waals surface area contributed by atoms with E-state index in [1.165, 1.54) is 58.3 Å². The standard InChI is InChI=1S/C42H42N14O14S4/c43-17-1-19-55(21-23-57)41-51-37(45-29-9-13-33(14-10-29)71(59,60)61)49-39(53-41)47-31-7-5-27(35(25-31)73(65,66)67)3-4-28-6-8-32(26-36(28)74(68,69)70)48-40-50-38(46-30-11-15-34(16-12-30)72(62,63)64)52-42(54-40)56(22-24-58)20-2-18-44/h3-16,25-26,57-58H,1-2,19-24H2,(H,59,60,61)(H,62,63,64)(H,65,66,67)(H,68,69,70)(H2,45,47,49,51,53)(H2,46,48,50,52,54). The van der Waals surface area contributed by atoms with Crippen LogP contribution >= 0.6 is 0 Å². The van der Waals surface area contributed by atoms with Gasteiger partial charge in [0.05, 0.1) is 48.0 Å². The predicted octanol–water partition coefficient (Wildman–Crippen LogP) is 3.61. The maximum absolute atomic E-state index is 12.8. The molecule has 0 aliphatic carbocycles. The minimum absolute atomic E-state index is 0.00387. The van der Waals surface area contributed by atoms with Gasteiger partial charge in [0.2, 0.25) is 35.7 Å². The van der Waals surface area contributed by atoms with E-state index in [1.807, 2.05) is 12.1 Å². The Balaban J connectivity index is 1.32. The predicted molar refractivity (Wildman–Crippen MR) is 266 cm³/mol. The molecule has 28 nitrogen and oxygen atoms in total. The van der Waals surface area contributed by atoms with Crippen LogP contribution in [0.15, 0.2) is 105 Å². The molecule has 0 unspecified atom stereocenters. The molecule has 0 bridgehead atoms. The van der Waals surface area contributed by atoms with Crippen molar-refractivity contribution in [3.63, 3.8) is 0 Å². The molecule has 0 radical (unpaired) electrons. The van der Waals surface area contributed by atoms with E-state index in [1.54, 1.807) is 0 Å². The van der Waals surface area contributed by atoms with Crippen molar-refractivity contribution < 1.29 is 62.1 Å². The minimum Gasteiger partial charge on any atom is -0.395 e. The molecule has 0 spiro atoms. The van der Waals surface area contributed by atoms with Gasteiger partial charge in [0.25, 0.3) is 40.5 Å². The van der Waals surface area contributed by atoms with E-state index < -0.39 is 60.1 Å². The second-order valence-electron chi connectivity index (χ2n) is 15.1. The molecule has 32 heteroatoms. The molecular formula is C42H42N14O14S4. The number of hydrogen-bond acceptors (Lipinski definition) is 24. The monoisotopic (exact) mass is 1090 g/mol. The van der Waals surface area contributed by atoms with Gasteiger partial charge in [0, 0.05) is 48.9 Å². The van der Waals surface area contributed by atoms with Crippen LogP contribution in [-0.4, -0.2) is 131 Å². The first-order valence-electron chi connectivity index (χ1n) is 21.1. The molecule has 0 saturated carbocycles. The first-order chi connectivity index (χ1) is 35.0. The maximum atomic E-state index is 12.8. The Labute approximate surface area is 422 Å². The molecule has 0 saturated heterocycles. The van der Waals surface area contributed by atoms with E-state index in [9.17, 15) is 72.6 Å². The van der Waals surface area contributed by atoms with Crippen LogP contribution in [-0.2, 0) is 40.5 Å². The summed E-state index contributed by atoms with van der Waals surface area (Å²) in [6.45, 7) is -0.682. The topological polar surface area (TPSA) is 437 Å². The van der Waals surface area contributed by atoms with Gasteiger partial charge in [-0.1, -0.05) is 24.3 Å². The van der Waals surface area contributed by atoms with Crippen molar-refractivity contribution in [1.82, 2.24) is 29.9 Å². The lowest BCUT2D eigenvalue weighted by Gasteiger charge is -2.21. The molecular weight excluding hydrogens is 1050 g/mol. The van der Waals surface area contributed by atoms with Crippen LogP contribution in [0.3, 0.4) is 0 Å². The van der Waals surface area contributed by atoms with Gasteiger partial charge in [-0.25, -0.2) is 0 Å². The molecule has 0 amide bonds. The van der Waals surface area contributed by atoms with Crippen LogP contribution in [0, 0.1) is 22.7 Å². The highest BCUT2D eigenvalue weighted by Crippen LogP contribution is 2.30. The first-order valence-corrected chi connectivity index (χ1v) is 26.9. The van der Waals surface area contributed by atoms with Gasteiger partial charge in [0.15, 0.2) is 0 Å². The molecule has 6 rings (SSSR count). The molecule has 6 aromatic rings. The Hall–Kier alpha value is -8.02. The third kappa shape index (κ3) is 15.3. The highest BCUT2D eigenvalue weighted by atomic mass is 32.2. The number of hydrogen-bond donors (Lipinski definition) is 10. The number of anilines is 10. The number of aromatic nitrogens is 6. The Morgan fingerprint density at radius 1 is 0.446 bits per heavy atom. The lowest BCUT2D eigenvalue weighted by Crippen LogP contribution is -2.30. The number of benzene rings is 4.